The van der Waals surface area contributed by atoms with Gasteiger partial charge in [-0.15, -0.1) is 0 Å². The first kappa shape index (κ1) is 23.6. The molecule has 7 heteroatoms. The summed E-state index contributed by atoms with van der Waals surface area (Å²) < 4.78 is 8.67. The van der Waals surface area contributed by atoms with Crippen molar-refractivity contribution in [3.8, 4) is 11.8 Å². The van der Waals surface area contributed by atoms with Gasteiger partial charge in [-0.2, -0.15) is 5.26 Å². The molecule has 174 valence electrons. The van der Waals surface area contributed by atoms with Crippen molar-refractivity contribution >= 4 is 33.6 Å². The summed E-state index contributed by atoms with van der Waals surface area (Å²) in [4.78, 5) is 15.0. The number of ether oxygens (including phenoxy) is 1. The molecular formula is C26H31BrN4O2. The summed E-state index contributed by atoms with van der Waals surface area (Å²) in [6, 6.07) is 10.7. The summed E-state index contributed by atoms with van der Waals surface area (Å²) in [6.45, 7) is 7.33. The molecular weight excluding hydrogens is 480 g/mol. The van der Waals surface area contributed by atoms with Gasteiger partial charge < -0.3 is 19.5 Å². The smallest absolute Gasteiger partial charge is 0.262 e. The maximum Gasteiger partial charge on any atom is 0.262 e. The first-order chi connectivity index (χ1) is 16.0. The van der Waals surface area contributed by atoms with Crippen molar-refractivity contribution in [2.24, 2.45) is 0 Å². The third-order valence-corrected chi connectivity index (χ3v) is 7.25. The van der Waals surface area contributed by atoms with Crippen LogP contribution in [0.1, 0.15) is 49.1 Å². The molecule has 0 radical (unpaired) electrons. The van der Waals surface area contributed by atoms with Crippen LogP contribution in [0.2, 0.25) is 0 Å². The third-order valence-electron chi connectivity index (χ3n) is 6.62. The standard InChI is InChI=1S/C26H31BrN4O2/c1-18-14-20(15-21(17-28)26(32)29-22-6-4-3-5-7-22)19(2)31(18)23-8-9-25(24(27)16-23)30-10-12-33-13-11-30/h8-9,14-16,22H,3-7,10-13H2,1-2H3,(H,29,32)/b21-15+. The Kier molecular flexibility index (Phi) is 7.56. The Bertz CT molecular complexity index is 1090. The van der Waals surface area contributed by atoms with E-state index in [1.54, 1.807) is 6.08 Å². The summed E-state index contributed by atoms with van der Waals surface area (Å²) in [5.74, 6) is -0.271. The lowest BCUT2D eigenvalue weighted by atomic mass is 9.95. The molecule has 1 aromatic carbocycles. The Morgan fingerprint density at radius 2 is 1.91 bits per heavy atom. The number of benzene rings is 1. The SMILES string of the molecule is Cc1cc(/C=C(\C#N)C(=O)NC2CCCCC2)c(C)n1-c1ccc(N2CCOCC2)c(Br)c1. The molecule has 0 bridgehead atoms. The van der Waals surface area contributed by atoms with Crippen molar-refractivity contribution in [1.29, 1.82) is 5.26 Å². The number of rotatable bonds is 5. The Hall–Kier alpha value is -2.56. The van der Waals surface area contributed by atoms with Crippen LogP contribution in [0.25, 0.3) is 11.8 Å². The zero-order chi connectivity index (χ0) is 23.4. The number of carbonyl (C=O) groups is 1. The third kappa shape index (κ3) is 5.34. The van der Waals surface area contributed by atoms with Crippen LogP contribution in [-0.4, -0.2) is 42.8 Å². The molecule has 2 fully saturated rings. The molecule has 33 heavy (non-hydrogen) atoms. The Balaban J connectivity index is 1.58. The van der Waals surface area contributed by atoms with Crippen LogP contribution < -0.4 is 10.2 Å². The highest BCUT2D eigenvalue weighted by atomic mass is 79.9. The fourth-order valence-electron chi connectivity index (χ4n) is 4.84. The number of nitrogens with one attached hydrogen (secondary N) is 1. The summed E-state index contributed by atoms with van der Waals surface area (Å²) in [5, 5.41) is 12.7. The molecule has 2 aromatic rings. The summed E-state index contributed by atoms with van der Waals surface area (Å²) in [5.41, 5.74) is 5.29. The molecule has 0 spiro atoms. The van der Waals surface area contributed by atoms with Crippen LogP contribution in [0.5, 0.6) is 0 Å². The number of hydrogen-bond acceptors (Lipinski definition) is 4. The molecule has 1 saturated heterocycles. The first-order valence-electron chi connectivity index (χ1n) is 11.7. The second kappa shape index (κ2) is 10.6. The fraction of sp³-hybridized carbons (Fsp3) is 0.462. The van der Waals surface area contributed by atoms with Crippen molar-refractivity contribution < 1.29 is 9.53 Å². The van der Waals surface area contributed by atoms with Gasteiger partial charge in [-0.25, -0.2) is 0 Å². The number of nitriles is 1. The Morgan fingerprint density at radius 3 is 2.58 bits per heavy atom. The van der Waals surface area contributed by atoms with E-state index in [0.29, 0.717) is 0 Å². The lowest BCUT2D eigenvalue weighted by molar-refractivity contribution is -0.117. The largest absolute Gasteiger partial charge is 0.378 e. The number of hydrogen-bond donors (Lipinski definition) is 1. The number of anilines is 1. The van der Waals surface area contributed by atoms with Gasteiger partial charge in [0.25, 0.3) is 5.91 Å². The van der Waals surface area contributed by atoms with E-state index in [1.165, 1.54) is 6.42 Å². The zero-order valence-corrected chi connectivity index (χ0v) is 21.0. The van der Waals surface area contributed by atoms with Gasteiger partial charge in [0.1, 0.15) is 11.6 Å². The molecule has 2 aliphatic rings. The highest BCUT2D eigenvalue weighted by Crippen LogP contribution is 2.31. The van der Waals surface area contributed by atoms with E-state index in [1.807, 2.05) is 19.9 Å². The molecule has 2 heterocycles. The molecule has 1 aliphatic heterocycles. The number of carbonyl (C=O) groups excluding carboxylic acids is 1. The molecule has 6 nitrogen and oxygen atoms in total. The normalized spacial score (nSPS) is 17.6. The van der Waals surface area contributed by atoms with Gasteiger partial charge in [0.05, 0.1) is 18.9 Å². The number of amides is 1. The number of aromatic nitrogens is 1. The molecule has 1 aliphatic carbocycles. The Labute approximate surface area is 204 Å². The van der Waals surface area contributed by atoms with Gasteiger partial charge in [-0.05, 0) is 78.5 Å². The van der Waals surface area contributed by atoms with Crippen molar-refractivity contribution in [3.63, 3.8) is 0 Å². The lowest BCUT2D eigenvalue weighted by Gasteiger charge is -2.30. The molecule has 0 atom stereocenters. The van der Waals surface area contributed by atoms with E-state index in [-0.39, 0.29) is 17.5 Å². The van der Waals surface area contributed by atoms with Crippen LogP contribution in [0, 0.1) is 25.2 Å². The second-order valence-electron chi connectivity index (χ2n) is 8.88. The zero-order valence-electron chi connectivity index (χ0n) is 19.4. The summed E-state index contributed by atoms with van der Waals surface area (Å²) >= 11 is 3.75. The van der Waals surface area contributed by atoms with Crippen molar-refractivity contribution in [3.05, 3.63) is 51.3 Å². The van der Waals surface area contributed by atoms with Crippen LogP contribution >= 0.6 is 15.9 Å². The van der Waals surface area contributed by atoms with Gasteiger partial charge in [-0.1, -0.05) is 19.3 Å². The van der Waals surface area contributed by atoms with Gasteiger partial charge in [0.2, 0.25) is 0 Å². The number of nitrogens with zero attached hydrogens (tertiary/aromatic N) is 3. The van der Waals surface area contributed by atoms with Crippen molar-refractivity contribution in [2.75, 3.05) is 31.2 Å². The minimum Gasteiger partial charge on any atom is -0.378 e. The summed E-state index contributed by atoms with van der Waals surface area (Å²) in [6.07, 6.45) is 7.20. The monoisotopic (exact) mass is 510 g/mol. The minimum atomic E-state index is -0.271. The molecule has 1 saturated carbocycles. The quantitative estimate of drug-likeness (QED) is 0.451. The average Bonchev–Trinajstić information content (AvgIpc) is 3.11. The molecule has 1 amide bonds. The van der Waals surface area contributed by atoms with Crippen LogP contribution in [0.4, 0.5) is 5.69 Å². The van der Waals surface area contributed by atoms with E-state index in [2.05, 4.69) is 55.0 Å². The molecule has 4 rings (SSSR count). The van der Waals surface area contributed by atoms with Crippen LogP contribution in [0.3, 0.4) is 0 Å². The number of morpholine rings is 1. The predicted molar refractivity (Wildman–Crippen MR) is 135 cm³/mol. The van der Waals surface area contributed by atoms with E-state index in [0.717, 1.165) is 84.8 Å². The van der Waals surface area contributed by atoms with E-state index >= 15 is 0 Å². The van der Waals surface area contributed by atoms with Crippen molar-refractivity contribution in [2.45, 2.75) is 52.0 Å². The topological polar surface area (TPSA) is 70.3 Å². The lowest BCUT2D eigenvalue weighted by Crippen LogP contribution is -2.36. The van der Waals surface area contributed by atoms with Crippen LogP contribution in [-0.2, 0) is 9.53 Å². The van der Waals surface area contributed by atoms with Crippen LogP contribution in [0.15, 0.2) is 34.3 Å². The molecule has 1 N–H and O–H groups in total. The number of halogens is 1. The minimum absolute atomic E-state index is 0.157. The van der Waals surface area contributed by atoms with E-state index in [9.17, 15) is 10.1 Å². The van der Waals surface area contributed by atoms with Crippen molar-refractivity contribution in [1.82, 2.24) is 9.88 Å². The average molecular weight is 511 g/mol. The fourth-order valence-corrected chi connectivity index (χ4v) is 5.46. The van der Waals surface area contributed by atoms with Gasteiger partial charge >= 0.3 is 0 Å². The highest BCUT2D eigenvalue weighted by Gasteiger charge is 2.20. The molecule has 0 unspecified atom stereocenters. The predicted octanol–water partition coefficient (Wildman–Crippen LogP) is 5.05. The van der Waals surface area contributed by atoms with Gasteiger partial charge in [0.15, 0.2) is 0 Å². The maximum absolute atomic E-state index is 12.7. The van der Waals surface area contributed by atoms with Gasteiger partial charge in [-0.3, -0.25) is 4.79 Å². The highest BCUT2D eigenvalue weighted by molar-refractivity contribution is 9.10. The second-order valence-corrected chi connectivity index (χ2v) is 9.73. The first-order valence-corrected chi connectivity index (χ1v) is 12.5. The van der Waals surface area contributed by atoms with E-state index in [4.69, 9.17) is 4.74 Å². The number of aryl methyl sites for hydroxylation is 1. The van der Waals surface area contributed by atoms with E-state index < -0.39 is 0 Å². The van der Waals surface area contributed by atoms with Gasteiger partial charge in [0, 0.05) is 40.7 Å². The summed E-state index contributed by atoms with van der Waals surface area (Å²) in [7, 11) is 0. The molecule has 1 aromatic heterocycles. The Morgan fingerprint density at radius 1 is 1.18 bits per heavy atom. The maximum atomic E-state index is 12.7.